The average Bonchev–Trinajstić information content (AvgIpc) is 3.03. The number of fused-ring (bicyclic) bond motifs is 2. The molecule has 3 aromatic heterocycles. The van der Waals surface area contributed by atoms with Gasteiger partial charge in [-0.3, -0.25) is 0 Å². The molecule has 0 saturated heterocycles. The van der Waals surface area contributed by atoms with Crippen molar-refractivity contribution in [1.29, 1.82) is 0 Å². The van der Waals surface area contributed by atoms with Crippen LogP contribution >= 0.6 is 11.3 Å². The first-order valence-electron chi connectivity index (χ1n) is 7.19. The third kappa shape index (κ3) is 2.10. The summed E-state index contributed by atoms with van der Waals surface area (Å²) in [5.41, 5.74) is 3.34. The van der Waals surface area contributed by atoms with Gasteiger partial charge in [-0.25, -0.2) is 19.5 Å². The van der Waals surface area contributed by atoms with E-state index in [0.29, 0.717) is 0 Å². The zero-order valence-electron chi connectivity index (χ0n) is 12.8. The molecule has 0 unspecified atom stereocenters. The van der Waals surface area contributed by atoms with E-state index in [1.807, 2.05) is 36.6 Å². The largest absolute Gasteiger partial charge is 0.362 e. The molecule has 114 valence electrons. The van der Waals surface area contributed by atoms with Crippen LogP contribution in [0.1, 0.15) is 17.0 Å². The summed E-state index contributed by atoms with van der Waals surface area (Å²) in [6.45, 7) is 3.70. The Kier molecular flexibility index (Phi) is 3.00. The Morgan fingerprint density at radius 3 is 2.91 bits per heavy atom. The summed E-state index contributed by atoms with van der Waals surface area (Å²) in [6.07, 6.45) is 4.53. The van der Waals surface area contributed by atoms with Gasteiger partial charge in [-0.2, -0.15) is 0 Å². The maximum absolute atomic E-state index is 4.65. The summed E-state index contributed by atoms with van der Waals surface area (Å²) in [5.74, 6) is 0.992. The number of hydrogen-bond acceptors (Lipinski definition) is 7. The van der Waals surface area contributed by atoms with Crippen LogP contribution in [0.25, 0.3) is 4.96 Å². The standard InChI is InChI=1S/C14H17N7S/c1-9-6-21-13(17-9)22-14(18-21)20-5-4-11-10(7-20)12(19(2)3)16-8-15-11/h6,8H,4-5,7H2,1-3H3. The lowest BCUT2D eigenvalue weighted by molar-refractivity contribution is 0.694. The fourth-order valence-corrected chi connectivity index (χ4v) is 3.76. The molecule has 0 fully saturated rings. The summed E-state index contributed by atoms with van der Waals surface area (Å²) in [6, 6.07) is 0. The fourth-order valence-electron chi connectivity index (χ4n) is 2.80. The molecular formula is C14H17N7S. The van der Waals surface area contributed by atoms with Gasteiger partial charge < -0.3 is 9.80 Å². The van der Waals surface area contributed by atoms with E-state index in [9.17, 15) is 0 Å². The molecule has 0 radical (unpaired) electrons. The minimum absolute atomic E-state index is 0.791. The van der Waals surface area contributed by atoms with Crippen LogP contribution in [0.15, 0.2) is 12.5 Å². The minimum Gasteiger partial charge on any atom is -0.362 e. The van der Waals surface area contributed by atoms with Crippen molar-refractivity contribution in [3.05, 3.63) is 29.5 Å². The molecule has 3 aromatic rings. The highest BCUT2D eigenvalue weighted by atomic mass is 32.1. The molecule has 0 aromatic carbocycles. The molecule has 0 atom stereocenters. The normalized spacial score (nSPS) is 14.4. The molecule has 0 spiro atoms. The predicted molar refractivity (Wildman–Crippen MR) is 86.7 cm³/mol. The molecule has 0 bridgehead atoms. The van der Waals surface area contributed by atoms with Gasteiger partial charge in [0.25, 0.3) is 0 Å². The zero-order valence-corrected chi connectivity index (χ0v) is 13.6. The van der Waals surface area contributed by atoms with Gasteiger partial charge in [-0.05, 0) is 6.92 Å². The third-order valence-corrected chi connectivity index (χ3v) is 4.81. The Morgan fingerprint density at radius 1 is 1.27 bits per heavy atom. The molecule has 22 heavy (non-hydrogen) atoms. The number of hydrogen-bond donors (Lipinski definition) is 0. The van der Waals surface area contributed by atoms with Crippen molar-refractivity contribution >= 4 is 27.2 Å². The third-order valence-electron chi connectivity index (χ3n) is 3.83. The van der Waals surface area contributed by atoms with Crippen molar-refractivity contribution in [2.45, 2.75) is 19.9 Å². The van der Waals surface area contributed by atoms with Crippen LogP contribution in [0.2, 0.25) is 0 Å². The van der Waals surface area contributed by atoms with E-state index in [0.717, 1.165) is 46.8 Å². The Morgan fingerprint density at radius 2 is 2.14 bits per heavy atom. The second-order valence-corrected chi connectivity index (χ2v) is 6.62. The van der Waals surface area contributed by atoms with Crippen molar-refractivity contribution in [2.24, 2.45) is 0 Å². The summed E-state index contributed by atoms with van der Waals surface area (Å²) in [4.78, 5) is 18.6. The molecule has 0 N–H and O–H groups in total. The average molecular weight is 315 g/mol. The second kappa shape index (κ2) is 4.91. The molecule has 0 amide bonds. The number of aromatic nitrogens is 5. The summed E-state index contributed by atoms with van der Waals surface area (Å²) in [5, 5.41) is 5.65. The molecule has 8 heteroatoms. The highest BCUT2D eigenvalue weighted by molar-refractivity contribution is 7.20. The van der Waals surface area contributed by atoms with Gasteiger partial charge >= 0.3 is 0 Å². The van der Waals surface area contributed by atoms with Crippen LogP contribution in [-0.2, 0) is 13.0 Å². The van der Waals surface area contributed by atoms with Crippen LogP contribution in [0.3, 0.4) is 0 Å². The quantitative estimate of drug-likeness (QED) is 0.714. The predicted octanol–water partition coefficient (Wildman–Crippen LogP) is 1.52. The van der Waals surface area contributed by atoms with Crippen molar-refractivity contribution < 1.29 is 0 Å². The topological polar surface area (TPSA) is 62.5 Å². The van der Waals surface area contributed by atoms with Crippen LogP contribution in [-0.4, -0.2) is 45.2 Å². The van der Waals surface area contributed by atoms with E-state index < -0.39 is 0 Å². The van der Waals surface area contributed by atoms with Crippen LogP contribution < -0.4 is 9.80 Å². The molecule has 4 rings (SSSR count). The monoisotopic (exact) mass is 315 g/mol. The van der Waals surface area contributed by atoms with E-state index in [2.05, 4.69) is 25.0 Å². The van der Waals surface area contributed by atoms with E-state index in [4.69, 9.17) is 0 Å². The highest BCUT2D eigenvalue weighted by Crippen LogP contribution is 2.30. The van der Waals surface area contributed by atoms with Crippen LogP contribution in [0.4, 0.5) is 10.9 Å². The van der Waals surface area contributed by atoms with Crippen molar-refractivity contribution in [2.75, 3.05) is 30.4 Å². The Bertz CT molecular complexity index is 803. The number of aryl methyl sites for hydroxylation is 1. The smallest absolute Gasteiger partial charge is 0.214 e. The van der Waals surface area contributed by atoms with Crippen molar-refractivity contribution in [3.8, 4) is 0 Å². The highest BCUT2D eigenvalue weighted by Gasteiger charge is 2.24. The first-order valence-corrected chi connectivity index (χ1v) is 8.01. The van der Waals surface area contributed by atoms with E-state index in [-0.39, 0.29) is 0 Å². The lowest BCUT2D eigenvalue weighted by Gasteiger charge is -2.29. The van der Waals surface area contributed by atoms with Crippen molar-refractivity contribution in [3.63, 3.8) is 0 Å². The molecule has 7 nitrogen and oxygen atoms in total. The SMILES string of the molecule is Cc1cn2nc(N3CCc4ncnc(N(C)C)c4C3)sc2n1. The number of imidazole rings is 1. The maximum atomic E-state index is 4.65. The van der Waals surface area contributed by atoms with Gasteiger partial charge in [0.2, 0.25) is 10.1 Å². The summed E-state index contributed by atoms with van der Waals surface area (Å²) < 4.78 is 1.86. The summed E-state index contributed by atoms with van der Waals surface area (Å²) >= 11 is 1.63. The summed E-state index contributed by atoms with van der Waals surface area (Å²) in [7, 11) is 4.03. The number of nitrogens with zero attached hydrogens (tertiary/aromatic N) is 7. The van der Waals surface area contributed by atoms with E-state index in [1.54, 1.807) is 17.7 Å². The van der Waals surface area contributed by atoms with Gasteiger partial charge in [0.1, 0.15) is 12.1 Å². The first-order chi connectivity index (χ1) is 10.6. The Balaban J connectivity index is 1.69. The fraction of sp³-hybridized carbons (Fsp3) is 0.429. The van der Waals surface area contributed by atoms with Gasteiger partial charge in [-0.15, -0.1) is 5.10 Å². The second-order valence-electron chi connectivity index (χ2n) is 5.68. The Labute approximate surface area is 132 Å². The maximum Gasteiger partial charge on any atom is 0.214 e. The minimum atomic E-state index is 0.791. The van der Waals surface area contributed by atoms with Gasteiger partial charge in [0.15, 0.2) is 0 Å². The molecule has 0 saturated carbocycles. The van der Waals surface area contributed by atoms with Gasteiger partial charge in [0, 0.05) is 32.6 Å². The van der Waals surface area contributed by atoms with Crippen molar-refractivity contribution in [1.82, 2.24) is 24.6 Å². The first kappa shape index (κ1) is 13.4. The van der Waals surface area contributed by atoms with Gasteiger partial charge in [-0.1, -0.05) is 11.3 Å². The van der Waals surface area contributed by atoms with E-state index >= 15 is 0 Å². The Hall–Kier alpha value is -2.22. The lowest BCUT2D eigenvalue weighted by atomic mass is 10.1. The molecule has 0 aliphatic carbocycles. The zero-order chi connectivity index (χ0) is 15.3. The van der Waals surface area contributed by atoms with Crippen LogP contribution in [0, 0.1) is 6.92 Å². The molecule has 4 heterocycles. The molecule has 1 aliphatic heterocycles. The van der Waals surface area contributed by atoms with Crippen LogP contribution in [0.5, 0.6) is 0 Å². The van der Waals surface area contributed by atoms with Gasteiger partial charge in [0.05, 0.1) is 24.1 Å². The molecule has 1 aliphatic rings. The van der Waals surface area contributed by atoms with E-state index in [1.165, 1.54) is 5.56 Å². The number of rotatable bonds is 2. The lowest BCUT2D eigenvalue weighted by Crippen LogP contribution is -2.32. The number of anilines is 2. The molecular weight excluding hydrogens is 298 g/mol.